The molecule has 9 nitrogen and oxygen atoms in total. The van der Waals surface area contributed by atoms with Gasteiger partial charge in [-0.1, -0.05) is 23.7 Å². The summed E-state index contributed by atoms with van der Waals surface area (Å²) in [6, 6.07) is 12.2. The van der Waals surface area contributed by atoms with Gasteiger partial charge in [0, 0.05) is 30.4 Å². The zero-order valence-corrected chi connectivity index (χ0v) is 25.2. The Balaban J connectivity index is 1.34. The number of carbonyl (C=O) groups excluding carboxylic acids is 1. The number of hydrogen-bond acceptors (Lipinski definition) is 7. The average molecular weight is 621 g/mol. The molecule has 1 aliphatic rings. The van der Waals surface area contributed by atoms with E-state index in [9.17, 15) is 9.18 Å². The molecule has 1 amide bonds. The first kappa shape index (κ1) is 29.0. The minimum Gasteiger partial charge on any atom is -0.486 e. The second-order valence-corrected chi connectivity index (χ2v) is 11.4. The van der Waals surface area contributed by atoms with E-state index in [1.165, 1.54) is 6.07 Å². The smallest absolute Gasteiger partial charge is 0.250 e. The summed E-state index contributed by atoms with van der Waals surface area (Å²) in [5, 5.41) is 7.65. The molecule has 6 rings (SSSR count). The van der Waals surface area contributed by atoms with Crippen molar-refractivity contribution >= 4 is 41.2 Å². The first-order valence-corrected chi connectivity index (χ1v) is 14.7. The van der Waals surface area contributed by atoms with Gasteiger partial charge in [-0.25, -0.2) is 9.37 Å². The van der Waals surface area contributed by atoms with Crippen molar-refractivity contribution in [3.8, 4) is 28.3 Å². The normalized spacial score (nSPS) is 14.6. The third-order valence-electron chi connectivity index (χ3n) is 7.58. The molecule has 0 saturated carbocycles. The van der Waals surface area contributed by atoms with E-state index in [2.05, 4.69) is 28.0 Å². The van der Waals surface area contributed by atoms with Crippen LogP contribution in [0.1, 0.15) is 41.8 Å². The van der Waals surface area contributed by atoms with Gasteiger partial charge >= 0.3 is 0 Å². The van der Waals surface area contributed by atoms with E-state index in [4.69, 9.17) is 26.8 Å². The lowest BCUT2D eigenvalue weighted by atomic mass is 10.1. The highest BCUT2D eigenvalue weighted by Gasteiger charge is 2.24. The molecule has 0 radical (unpaired) electrons. The van der Waals surface area contributed by atoms with Crippen molar-refractivity contribution in [3.05, 3.63) is 83.2 Å². The van der Waals surface area contributed by atoms with Crippen LogP contribution >= 0.6 is 24.2 Å². The second-order valence-electron chi connectivity index (χ2n) is 10.5. The molecule has 0 unspecified atom stereocenters. The molecular formula is C31H30ClFN6O3S. The summed E-state index contributed by atoms with van der Waals surface area (Å²) in [5.41, 5.74) is 10.6. The fraction of sp³-hybridized carbons (Fsp3) is 0.258. The molecule has 3 heterocycles. The van der Waals surface area contributed by atoms with Gasteiger partial charge in [0.25, 0.3) is 0 Å². The Hall–Kier alpha value is -4.06. The highest BCUT2D eigenvalue weighted by Crippen LogP contribution is 2.40. The zero-order chi connectivity index (χ0) is 30.2. The highest BCUT2D eigenvalue weighted by atomic mass is 35.5. The predicted molar refractivity (Wildman–Crippen MR) is 166 cm³/mol. The van der Waals surface area contributed by atoms with Gasteiger partial charge < -0.3 is 20.5 Å². The molecule has 3 N–H and O–H groups in total. The largest absolute Gasteiger partial charge is 0.486 e. The number of nitrogens with two attached hydrogens (primary N) is 1. The topological polar surface area (TPSA) is 109 Å². The summed E-state index contributed by atoms with van der Waals surface area (Å²) < 4.78 is 30.7. The minimum atomic E-state index is -0.662. The lowest BCUT2D eigenvalue weighted by Crippen LogP contribution is -2.34. The maximum Gasteiger partial charge on any atom is 0.250 e. The highest BCUT2D eigenvalue weighted by molar-refractivity contribution is 7.80. The Labute approximate surface area is 258 Å². The number of hydrogen-bond donors (Lipinski definition) is 3. The molecule has 1 atom stereocenters. The van der Waals surface area contributed by atoms with Gasteiger partial charge in [-0.3, -0.25) is 14.0 Å². The molecule has 5 aromatic rings. The molecular weight excluding hydrogens is 591 g/mol. The number of fused-ring (bicyclic) bond motifs is 1. The zero-order valence-electron chi connectivity index (χ0n) is 23.6. The van der Waals surface area contributed by atoms with E-state index < -0.39 is 17.8 Å². The molecule has 0 bridgehead atoms. The summed E-state index contributed by atoms with van der Waals surface area (Å²) in [5.74, 6) is -0.886. The van der Waals surface area contributed by atoms with E-state index >= 15 is 0 Å². The van der Waals surface area contributed by atoms with Crippen molar-refractivity contribution in [2.75, 3.05) is 13.1 Å². The van der Waals surface area contributed by atoms with Gasteiger partial charge in [0.2, 0.25) is 5.91 Å². The number of aromatic nitrogens is 4. The van der Waals surface area contributed by atoms with Crippen LogP contribution in [0.15, 0.2) is 66.1 Å². The van der Waals surface area contributed by atoms with Crippen LogP contribution in [0.5, 0.6) is 11.5 Å². The molecule has 12 heteroatoms. The fourth-order valence-electron chi connectivity index (χ4n) is 5.28. The third-order valence-corrected chi connectivity index (χ3v) is 8.43. The lowest BCUT2D eigenvalue weighted by molar-refractivity contribution is 0.0996. The molecule has 43 heavy (non-hydrogen) atoms. The fourth-order valence-corrected chi connectivity index (χ4v) is 5.93. The monoisotopic (exact) mass is 620 g/mol. The van der Waals surface area contributed by atoms with Crippen molar-refractivity contribution in [3.63, 3.8) is 0 Å². The van der Waals surface area contributed by atoms with E-state index in [0.717, 1.165) is 48.1 Å². The molecule has 3 aromatic carbocycles. The standard InChI is InChI=1S/C31H30ClFN6O3S/c1-17(22-4-5-24(33)29(28(22)32)42-21-7-9-35-10-8-21)41-27-13-20(12-23(30(27)43)31(34)40)39-16-36-25-11-18(3-6-26(25)39)19-14-37-38(2)15-19/h3-6,11-17,21,35,43H,7-10H2,1-2H3,(H2,34,40)/t17-/m1/s1. The van der Waals surface area contributed by atoms with E-state index in [1.54, 1.807) is 42.3 Å². The van der Waals surface area contributed by atoms with Crippen LogP contribution < -0.4 is 20.5 Å². The quantitative estimate of drug-likeness (QED) is 0.187. The first-order valence-electron chi connectivity index (χ1n) is 13.8. The van der Waals surface area contributed by atoms with Crippen LogP contribution in [0.25, 0.3) is 27.8 Å². The number of thiol groups is 1. The first-order chi connectivity index (χ1) is 20.7. The molecule has 1 saturated heterocycles. The number of nitrogens with one attached hydrogen (secondary N) is 1. The second kappa shape index (κ2) is 11.9. The van der Waals surface area contributed by atoms with Gasteiger partial charge in [0.15, 0.2) is 11.6 Å². The number of nitrogens with zero attached hydrogens (tertiary/aromatic N) is 4. The van der Waals surface area contributed by atoms with E-state index in [-0.39, 0.29) is 27.3 Å². The summed E-state index contributed by atoms with van der Waals surface area (Å²) in [6.07, 6.45) is 6.13. The van der Waals surface area contributed by atoms with Gasteiger partial charge in [0.1, 0.15) is 24.3 Å². The van der Waals surface area contributed by atoms with Crippen molar-refractivity contribution in [1.29, 1.82) is 0 Å². The maximum atomic E-state index is 14.8. The Morgan fingerprint density at radius 1 is 1.19 bits per heavy atom. The molecule has 1 fully saturated rings. The Bertz CT molecular complexity index is 1830. The number of piperidine rings is 1. The number of halogens is 2. The van der Waals surface area contributed by atoms with Crippen LogP contribution in [0, 0.1) is 5.82 Å². The molecule has 222 valence electrons. The number of primary amides is 1. The SMILES string of the molecule is C[C@@H](Oc1cc(-n2cnc3cc(-c4cnn(C)c4)ccc32)cc(C(N)=O)c1S)c1ccc(F)c(OC2CCNCC2)c1Cl. The lowest BCUT2D eigenvalue weighted by Gasteiger charge is -2.26. The summed E-state index contributed by atoms with van der Waals surface area (Å²) in [4.78, 5) is 17.3. The number of aryl methyl sites for hydroxylation is 1. The van der Waals surface area contributed by atoms with Gasteiger partial charge in [0.05, 0.1) is 38.4 Å². The van der Waals surface area contributed by atoms with Crippen LogP contribution in [0.2, 0.25) is 5.02 Å². The Morgan fingerprint density at radius 2 is 1.98 bits per heavy atom. The summed E-state index contributed by atoms with van der Waals surface area (Å²) in [6.45, 7) is 3.37. The van der Waals surface area contributed by atoms with E-state index in [1.807, 2.05) is 36.0 Å². The third kappa shape index (κ3) is 5.80. The number of amides is 1. The van der Waals surface area contributed by atoms with Crippen molar-refractivity contribution in [1.82, 2.24) is 24.6 Å². The van der Waals surface area contributed by atoms with Crippen LogP contribution in [0.3, 0.4) is 0 Å². The van der Waals surface area contributed by atoms with Crippen molar-refractivity contribution < 1.29 is 18.7 Å². The van der Waals surface area contributed by atoms with Crippen molar-refractivity contribution in [2.24, 2.45) is 12.8 Å². The Morgan fingerprint density at radius 3 is 2.70 bits per heavy atom. The number of carbonyl (C=O) groups is 1. The maximum absolute atomic E-state index is 14.8. The van der Waals surface area contributed by atoms with Gasteiger partial charge in [-0.2, -0.15) is 5.10 Å². The molecule has 0 aliphatic carbocycles. The summed E-state index contributed by atoms with van der Waals surface area (Å²) >= 11 is 11.3. The Kier molecular flexibility index (Phi) is 8.04. The average Bonchev–Trinajstić information content (AvgIpc) is 3.62. The van der Waals surface area contributed by atoms with E-state index in [0.29, 0.717) is 17.0 Å². The summed E-state index contributed by atoms with van der Waals surface area (Å²) in [7, 11) is 1.87. The molecule has 0 spiro atoms. The number of rotatable bonds is 8. The number of ether oxygens (including phenoxy) is 2. The molecule has 2 aromatic heterocycles. The van der Waals surface area contributed by atoms with Gasteiger partial charge in [-0.05, 0) is 62.7 Å². The predicted octanol–water partition coefficient (Wildman–Crippen LogP) is 5.88. The number of benzene rings is 3. The van der Waals surface area contributed by atoms with Gasteiger partial charge in [-0.15, -0.1) is 12.6 Å². The minimum absolute atomic E-state index is 0.00901. The van der Waals surface area contributed by atoms with Crippen molar-refractivity contribution in [2.45, 2.75) is 36.9 Å². The van der Waals surface area contributed by atoms with Crippen LogP contribution in [-0.4, -0.2) is 44.4 Å². The van der Waals surface area contributed by atoms with Crippen LogP contribution in [-0.2, 0) is 7.05 Å². The molecule has 1 aliphatic heterocycles. The van der Waals surface area contributed by atoms with Crippen LogP contribution in [0.4, 0.5) is 4.39 Å². The number of imidazole rings is 1.